The van der Waals surface area contributed by atoms with Crippen LogP contribution in [0.5, 0.6) is 0 Å². The molecule has 5 heteroatoms. The van der Waals surface area contributed by atoms with E-state index >= 15 is 0 Å². The maximum atomic E-state index is 8.67. The van der Waals surface area contributed by atoms with E-state index in [2.05, 4.69) is 29.2 Å². The predicted octanol–water partition coefficient (Wildman–Crippen LogP) is 1.47. The number of hydrogen-bond acceptors (Lipinski definition) is 4. The van der Waals surface area contributed by atoms with Gasteiger partial charge in [-0.1, -0.05) is 32.9 Å². The normalized spacial score (nSPS) is 13.3. The first-order valence-electron chi connectivity index (χ1n) is 6.89. The number of nitrogens with one attached hydrogen (secondary N) is 1. The number of likely N-dealkylation sites (N-methyl/N-ethyl adjacent to an activating group) is 1. The van der Waals surface area contributed by atoms with Crippen molar-refractivity contribution >= 4 is 5.84 Å². The molecule has 0 bridgehead atoms. The summed E-state index contributed by atoms with van der Waals surface area (Å²) in [6.07, 6.45) is 2.06. The van der Waals surface area contributed by atoms with Crippen molar-refractivity contribution in [1.82, 2.24) is 10.2 Å². The molecule has 0 amide bonds. The first-order chi connectivity index (χ1) is 8.47. The smallest absolute Gasteiger partial charge is 0.144 e. The third-order valence-corrected chi connectivity index (χ3v) is 3.32. The lowest BCUT2D eigenvalue weighted by atomic mass is 9.88. The topological polar surface area (TPSA) is 73.9 Å². The Hall–Kier alpha value is -0.810. The van der Waals surface area contributed by atoms with Crippen molar-refractivity contribution in [3.05, 3.63) is 0 Å². The van der Waals surface area contributed by atoms with Crippen molar-refractivity contribution in [2.24, 2.45) is 16.3 Å². The van der Waals surface area contributed by atoms with Crippen LogP contribution >= 0.6 is 0 Å². The Kier molecular flexibility index (Phi) is 8.75. The Morgan fingerprint density at radius 2 is 1.94 bits per heavy atom. The van der Waals surface area contributed by atoms with E-state index in [9.17, 15) is 0 Å². The first kappa shape index (κ1) is 17.2. The van der Waals surface area contributed by atoms with Crippen LogP contribution in [0.25, 0.3) is 0 Å². The van der Waals surface area contributed by atoms with E-state index in [4.69, 9.17) is 10.9 Å². The molecule has 108 valence electrons. The van der Waals surface area contributed by atoms with Crippen molar-refractivity contribution in [3.63, 3.8) is 0 Å². The summed E-state index contributed by atoms with van der Waals surface area (Å²) in [4.78, 5) is 2.43. The van der Waals surface area contributed by atoms with Gasteiger partial charge in [-0.2, -0.15) is 0 Å². The highest BCUT2D eigenvalue weighted by atomic mass is 16.4. The molecule has 0 aromatic carbocycles. The summed E-state index contributed by atoms with van der Waals surface area (Å²) in [7, 11) is 0. The van der Waals surface area contributed by atoms with E-state index in [1.54, 1.807) is 0 Å². The molecule has 18 heavy (non-hydrogen) atoms. The Morgan fingerprint density at radius 3 is 2.44 bits per heavy atom. The molecule has 0 spiro atoms. The molecule has 0 atom stereocenters. The highest BCUT2D eigenvalue weighted by molar-refractivity contribution is 5.85. The van der Waals surface area contributed by atoms with Gasteiger partial charge in [0, 0.05) is 18.5 Å². The van der Waals surface area contributed by atoms with Crippen LogP contribution in [0.3, 0.4) is 0 Å². The molecule has 0 rings (SSSR count). The molecular weight excluding hydrogens is 228 g/mol. The van der Waals surface area contributed by atoms with Gasteiger partial charge >= 0.3 is 0 Å². The molecule has 0 aromatic heterocycles. The van der Waals surface area contributed by atoms with Crippen LogP contribution < -0.4 is 11.1 Å². The number of oxime groups is 1. The van der Waals surface area contributed by atoms with Gasteiger partial charge < -0.3 is 21.2 Å². The second-order valence-corrected chi connectivity index (χ2v) is 5.30. The highest BCUT2D eigenvalue weighted by Crippen LogP contribution is 2.19. The van der Waals surface area contributed by atoms with Gasteiger partial charge in [-0.05, 0) is 32.5 Å². The molecule has 0 radical (unpaired) electrons. The molecule has 0 saturated carbocycles. The summed E-state index contributed by atoms with van der Waals surface area (Å²) in [6.45, 7) is 13.6. The molecule has 4 N–H and O–H groups in total. The van der Waals surface area contributed by atoms with Crippen LogP contribution in [0.4, 0.5) is 0 Å². The summed E-state index contributed by atoms with van der Waals surface area (Å²) in [5.74, 6) is 0.297. The molecule has 0 heterocycles. The zero-order valence-electron chi connectivity index (χ0n) is 12.4. The van der Waals surface area contributed by atoms with Gasteiger partial charge in [0.25, 0.3) is 0 Å². The zero-order valence-corrected chi connectivity index (χ0v) is 12.4. The minimum Gasteiger partial charge on any atom is -0.409 e. The third-order valence-electron chi connectivity index (χ3n) is 3.32. The van der Waals surface area contributed by atoms with E-state index in [0.717, 1.165) is 39.1 Å². The van der Waals surface area contributed by atoms with Crippen molar-refractivity contribution < 1.29 is 5.21 Å². The van der Waals surface area contributed by atoms with Crippen molar-refractivity contribution in [1.29, 1.82) is 0 Å². The van der Waals surface area contributed by atoms with Crippen molar-refractivity contribution in [2.75, 3.05) is 32.7 Å². The van der Waals surface area contributed by atoms with E-state index in [-0.39, 0.29) is 5.41 Å². The van der Waals surface area contributed by atoms with Gasteiger partial charge in [0.05, 0.1) is 0 Å². The fourth-order valence-corrected chi connectivity index (χ4v) is 1.77. The largest absolute Gasteiger partial charge is 0.409 e. The molecule has 0 saturated heterocycles. The van der Waals surface area contributed by atoms with E-state index in [1.807, 2.05) is 13.8 Å². The minimum absolute atomic E-state index is 0.254. The number of nitrogens with two attached hydrogens (primary N) is 1. The zero-order chi connectivity index (χ0) is 14.0. The molecule has 0 aliphatic heterocycles. The second kappa shape index (κ2) is 9.16. The number of amidine groups is 1. The van der Waals surface area contributed by atoms with Gasteiger partial charge in [-0.15, -0.1) is 0 Å². The maximum Gasteiger partial charge on any atom is 0.144 e. The Labute approximate surface area is 111 Å². The van der Waals surface area contributed by atoms with Crippen LogP contribution in [0.1, 0.15) is 40.5 Å². The number of hydrogen-bond donors (Lipinski definition) is 3. The molecule has 0 aliphatic carbocycles. The number of nitrogens with zero attached hydrogens (tertiary/aromatic N) is 2. The fraction of sp³-hybridized carbons (Fsp3) is 0.923. The predicted molar refractivity (Wildman–Crippen MR) is 77.1 cm³/mol. The summed E-state index contributed by atoms with van der Waals surface area (Å²) in [6, 6.07) is 0. The Balaban J connectivity index is 3.74. The fourth-order valence-electron chi connectivity index (χ4n) is 1.77. The lowest BCUT2D eigenvalue weighted by Gasteiger charge is -2.24. The molecule has 5 nitrogen and oxygen atoms in total. The summed E-state index contributed by atoms with van der Waals surface area (Å²) in [5, 5.41) is 15.2. The van der Waals surface area contributed by atoms with Crippen LogP contribution in [0.2, 0.25) is 0 Å². The Bertz CT molecular complexity index is 241. The monoisotopic (exact) mass is 258 g/mol. The standard InChI is InChI=1S/C13H30N4O/c1-5-10-17(6-2)11-9-15-8-7-13(3,4)12(14)16-18/h15,18H,5-11H2,1-4H3,(H2,14,16). The average Bonchev–Trinajstić information content (AvgIpc) is 2.35. The summed E-state index contributed by atoms with van der Waals surface area (Å²) >= 11 is 0. The molecular formula is C13H30N4O. The average molecular weight is 258 g/mol. The van der Waals surface area contributed by atoms with Crippen molar-refractivity contribution in [2.45, 2.75) is 40.5 Å². The van der Waals surface area contributed by atoms with E-state index in [1.165, 1.54) is 6.42 Å². The highest BCUT2D eigenvalue weighted by Gasteiger charge is 2.22. The van der Waals surface area contributed by atoms with Crippen LogP contribution in [-0.4, -0.2) is 48.7 Å². The van der Waals surface area contributed by atoms with Crippen molar-refractivity contribution in [3.8, 4) is 0 Å². The quantitative estimate of drug-likeness (QED) is 0.182. The van der Waals surface area contributed by atoms with Gasteiger partial charge in [0.1, 0.15) is 5.84 Å². The molecule has 0 unspecified atom stereocenters. The van der Waals surface area contributed by atoms with E-state index in [0.29, 0.717) is 5.84 Å². The molecule has 0 fully saturated rings. The van der Waals surface area contributed by atoms with Crippen LogP contribution in [0.15, 0.2) is 5.16 Å². The third kappa shape index (κ3) is 6.81. The van der Waals surface area contributed by atoms with Gasteiger partial charge in [-0.3, -0.25) is 0 Å². The maximum absolute atomic E-state index is 8.67. The second-order valence-electron chi connectivity index (χ2n) is 5.30. The summed E-state index contributed by atoms with van der Waals surface area (Å²) < 4.78 is 0. The van der Waals surface area contributed by atoms with E-state index < -0.39 is 0 Å². The molecule has 0 aliphatic rings. The first-order valence-corrected chi connectivity index (χ1v) is 6.89. The number of rotatable bonds is 10. The Morgan fingerprint density at radius 1 is 1.28 bits per heavy atom. The van der Waals surface area contributed by atoms with Gasteiger partial charge in [-0.25, -0.2) is 0 Å². The van der Waals surface area contributed by atoms with Gasteiger partial charge in [0.2, 0.25) is 0 Å². The van der Waals surface area contributed by atoms with Crippen LogP contribution in [-0.2, 0) is 0 Å². The van der Waals surface area contributed by atoms with Crippen LogP contribution in [0, 0.1) is 5.41 Å². The SMILES string of the molecule is CCCN(CC)CCNCCC(C)(C)C(N)=NO. The lowest BCUT2D eigenvalue weighted by Crippen LogP contribution is -2.37. The lowest BCUT2D eigenvalue weighted by molar-refractivity contribution is 0.284. The van der Waals surface area contributed by atoms with Gasteiger partial charge in [0.15, 0.2) is 0 Å². The molecule has 0 aromatic rings. The minimum atomic E-state index is -0.254. The summed E-state index contributed by atoms with van der Waals surface area (Å²) in [5.41, 5.74) is 5.38.